The molecule has 0 aromatic carbocycles. The second-order valence-corrected chi connectivity index (χ2v) is 3.74. The van der Waals surface area contributed by atoms with Crippen molar-refractivity contribution in [2.24, 2.45) is 4.40 Å². The summed E-state index contributed by atoms with van der Waals surface area (Å²) >= 11 is 5.36. The van der Waals surface area contributed by atoms with Gasteiger partial charge in [0.1, 0.15) is 17.6 Å². The maximum absolute atomic E-state index is 10.6. The van der Waals surface area contributed by atoms with Crippen LogP contribution in [0.3, 0.4) is 0 Å². The van der Waals surface area contributed by atoms with E-state index in [4.69, 9.17) is 16.3 Å². The molecule has 4 nitrogen and oxygen atoms in total. The lowest BCUT2D eigenvalue weighted by atomic mass is 10.1. The Balaban J connectivity index is 3.00. The van der Waals surface area contributed by atoms with Gasteiger partial charge in [0, 0.05) is 18.3 Å². The van der Waals surface area contributed by atoms with Crippen LogP contribution in [0.4, 0.5) is 0 Å². The Bertz CT molecular complexity index is 385. The van der Waals surface area contributed by atoms with Gasteiger partial charge in [-0.2, -0.15) is 4.40 Å². The van der Waals surface area contributed by atoms with E-state index in [0.717, 1.165) is 12.0 Å². The number of aromatic nitrogens is 1. The fourth-order valence-corrected chi connectivity index (χ4v) is 1.74. The molecule has 6 heteroatoms. The number of ether oxygens (including phenoxy) is 1. The van der Waals surface area contributed by atoms with Crippen molar-refractivity contribution in [1.29, 1.82) is 0 Å². The number of nitrogens with zero attached hydrogens (tertiary/aromatic N) is 2. The monoisotopic (exact) mass is 260 g/mol. The average Bonchev–Trinajstić information content (AvgIpc) is 2.34. The highest BCUT2D eigenvalue weighted by Gasteiger charge is 2.09. The van der Waals surface area contributed by atoms with Gasteiger partial charge < -0.3 is 4.74 Å². The number of rotatable bonds is 6. The normalized spacial score (nSPS) is 11.5. The molecule has 0 unspecified atom stereocenters. The van der Waals surface area contributed by atoms with Crippen molar-refractivity contribution in [3.05, 3.63) is 24.0 Å². The Morgan fingerprint density at radius 3 is 3.12 bits per heavy atom. The Labute approximate surface area is 103 Å². The summed E-state index contributed by atoms with van der Waals surface area (Å²) in [7, 11) is 1.58. The number of pyridine rings is 1. The van der Waals surface area contributed by atoms with Gasteiger partial charge in [0.25, 0.3) is 0 Å². The predicted molar refractivity (Wildman–Crippen MR) is 66.8 cm³/mol. The average molecular weight is 261 g/mol. The van der Waals surface area contributed by atoms with Crippen molar-refractivity contribution in [2.45, 2.75) is 12.8 Å². The molecule has 0 bridgehead atoms. The molecule has 16 heavy (non-hydrogen) atoms. The molecule has 0 amide bonds. The summed E-state index contributed by atoms with van der Waals surface area (Å²) in [5.41, 5.74) is 1.46. The second-order valence-electron chi connectivity index (χ2n) is 3.00. The van der Waals surface area contributed by atoms with E-state index >= 15 is 0 Å². The number of halogens is 1. The zero-order valence-corrected chi connectivity index (χ0v) is 10.5. The summed E-state index contributed by atoms with van der Waals surface area (Å²) in [6.07, 6.45) is 4.71. The Morgan fingerprint density at radius 2 is 2.50 bits per heavy atom. The van der Waals surface area contributed by atoms with E-state index in [1.165, 1.54) is 0 Å². The van der Waals surface area contributed by atoms with Gasteiger partial charge in [-0.3, -0.25) is 4.98 Å². The summed E-state index contributed by atoms with van der Waals surface area (Å²) in [4.78, 5) is 4.01. The minimum Gasteiger partial charge on any atom is -0.496 e. The Hall–Kier alpha value is -0.940. The smallest absolute Gasteiger partial charge is 0.131 e. The van der Waals surface area contributed by atoms with E-state index in [0.29, 0.717) is 23.8 Å². The van der Waals surface area contributed by atoms with Crippen LogP contribution in [0.1, 0.15) is 18.4 Å². The van der Waals surface area contributed by atoms with E-state index in [2.05, 4.69) is 9.38 Å². The number of hydrogen-bond acceptors (Lipinski definition) is 3. The summed E-state index contributed by atoms with van der Waals surface area (Å²) in [6, 6.07) is 1.74. The highest BCUT2D eigenvalue weighted by molar-refractivity contribution is 7.64. The summed E-state index contributed by atoms with van der Waals surface area (Å²) in [5, 5.41) is 0. The van der Waals surface area contributed by atoms with E-state index in [1.807, 2.05) is 0 Å². The maximum Gasteiger partial charge on any atom is 0.131 e. The first kappa shape index (κ1) is 13.1. The number of hydrogen-bond donors (Lipinski definition) is 1. The van der Waals surface area contributed by atoms with Gasteiger partial charge in [-0.05, 0) is 18.9 Å². The second kappa shape index (κ2) is 7.35. The molecule has 0 spiro atoms. The van der Waals surface area contributed by atoms with Crippen LogP contribution in [-0.4, -0.2) is 27.9 Å². The van der Waals surface area contributed by atoms with Crippen LogP contribution in [0, 0.1) is 0 Å². The topological polar surface area (TPSA) is 51.6 Å². The molecular formula is C10H13ClN2O2S. The molecule has 1 rings (SSSR count). The summed E-state index contributed by atoms with van der Waals surface area (Å²) in [6.45, 7) is 0. The molecule has 1 heterocycles. The zero-order chi connectivity index (χ0) is 11.8. The van der Waals surface area contributed by atoms with E-state index < -0.39 is 0 Å². The molecule has 0 atom stereocenters. The van der Waals surface area contributed by atoms with Crippen molar-refractivity contribution in [1.82, 2.24) is 4.98 Å². The van der Waals surface area contributed by atoms with Gasteiger partial charge in [-0.15, -0.1) is 11.6 Å². The molecule has 0 fully saturated rings. The molecule has 0 saturated heterocycles. The lowest BCUT2D eigenvalue weighted by molar-refractivity contribution is 0.413. The molecule has 0 saturated carbocycles. The lowest BCUT2D eigenvalue weighted by Gasteiger charge is -2.08. The first-order chi connectivity index (χ1) is 7.83. The fraction of sp³-hybridized carbons (Fsp3) is 0.400. The van der Waals surface area contributed by atoms with Crippen molar-refractivity contribution < 1.29 is 8.95 Å². The molecule has 88 valence electrons. The minimum atomic E-state index is -0.265. The standard InChI is InChI=1S/C10H13ClN2O2S/c1-15-10-4-6-12-7-8(10)9(13-16-14)3-2-5-11/h4,6-7,16H,2-3,5H2,1H3/b13-9+. The number of alkyl halides is 1. The van der Waals surface area contributed by atoms with Gasteiger partial charge in [-0.1, -0.05) is 0 Å². The minimum absolute atomic E-state index is 0.265. The van der Waals surface area contributed by atoms with Gasteiger partial charge >= 0.3 is 0 Å². The quantitative estimate of drug-likeness (QED) is 0.482. The van der Waals surface area contributed by atoms with Gasteiger partial charge in [0.05, 0.1) is 18.4 Å². The van der Waals surface area contributed by atoms with Crippen LogP contribution < -0.4 is 4.74 Å². The molecule has 0 radical (unpaired) electrons. The van der Waals surface area contributed by atoms with Crippen LogP contribution in [-0.2, 0) is 11.9 Å². The molecular weight excluding hydrogens is 248 g/mol. The molecule has 0 N–H and O–H groups in total. The third-order valence-corrected chi connectivity index (χ3v) is 2.61. The molecule has 1 aromatic rings. The molecule has 1 aromatic heterocycles. The highest BCUT2D eigenvalue weighted by atomic mass is 35.5. The van der Waals surface area contributed by atoms with E-state index in [9.17, 15) is 4.21 Å². The largest absolute Gasteiger partial charge is 0.496 e. The van der Waals surface area contributed by atoms with Crippen LogP contribution in [0.25, 0.3) is 0 Å². The van der Waals surface area contributed by atoms with Crippen molar-refractivity contribution >= 4 is 29.2 Å². The predicted octanol–water partition coefficient (Wildman–Crippen LogP) is 1.76. The Kier molecular flexibility index (Phi) is 6.03. The lowest BCUT2D eigenvalue weighted by Crippen LogP contribution is -2.04. The summed E-state index contributed by atoms with van der Waals surface area (Å²) < 4.78 is 19.7. The van der Waals surface area contributed by atoms with Crippen LogP contribution >= 0.6 is 11.6 Å². The number of methoxy groups -OCH3 is 1. The van der Waals surface area contributed by atoms with Crippen LogP contribution in [0.2, 0.25) is 0 Å². The van der Waals surface area contributed by atoms with Gasteiger partial charge in [0.2, 0.25) is 0 Å². The SMILES string of the molecule is COc1ccncc1/C(CCCCl)=N/[SH]=O. The highest BCUT2D eigenvalue weighted by Crippen LogP contribution is 2.19. The first-order valence-corrected chi connectivity index (χ1v) is 6.07. The maximum atomic E-state index is 10.6. The first-order valence-electron chi connectivity index (χ1n) is 4.77. The van der Waals surface area contributed by atoms with Crippen LogP contribution in [0.15, 0.2) is 22.9 Å². The van der Waals surface area contributed by atoms with Gasteiger partial charge in [0.15, 0.2) is 0 Å². The van der Waals surface area contributed by atoms with Gasteiger partial charge in [-0.25, -0.2) is 4.21 Å². The Morgan fingerprint density at radius 1 is 1.69 bits per heavy atom. The number of thiol groups is 1. The van der Waals surface area contributed by atoms with Crippen molar-refractivity contribution in [3.63, 3.8) is 0 Å². The van der Waals surface area contributed by atoms with Crippen molar-refractivity contribution in [2.75, 3.05) is 13.0 Å². The third-order valence-electron chi connectivity index (χ3n) is 2.02. The van der Waals surface area contributed by atoms with E-state index in [-0.39, 0.29) is 11.9 Å². The van der Waals surface area contributed by atoms with Crippen LogP contribution in [0.5, 0.6) is 5.75 Å². The van der Waals surface area contributed by atoms with Crippen molar-refractivity contribution in [3.8, 4) is 5.75 Å². The zero-order valence-electron chi connectivity index (χ0n) is 8.89. The third kappa shape index (κ3) is 3.57. The summed E-state index contributed by atoms with van der Waals surface area (Å²) in [5.74, 6) is 1.21. The molecule has 0 aliphatic rings. The molecule has 0 aliphatic heterocycles. The van der Waals surface area contributed by atoms with E-state index in [1.54, 1.807) is 25.6 Å². The molecule has 0 aliphatic carbocycles. The fourth-order valence-electron chi connectivity index (χ4n) is 1.30.